The molecule has 1 saturated carbocycles. The van der Waals surface area contributed by atoms with E-state index >= 15 is 0 Å². The Hall–Kier alpha value is -2.33. The van der Waals surface area contributed by atoms with Gasteiger partial charge in [0.05, 0.1) is 18.1 Å². The van der Waals surface area contributed by atoms with Crippen LogP contribution < -0.4 is 19.5 Å². The Morgan fingerprint density at radius 2 is 1.83 bits per heavy atom. The Labute approximate surface area is 170 Å². The molecule has 1 aliphatic carbocycles. The van der Waals surface area contributed by atoms with E-state index < -0.39 is 28.6 Å². The van der Waals surface area contributed by atoms with Gasteiger partial charge in [0.15, 0.2) is 17.6 Å². The quantitative estimate of drug-likeness (QED) is 0.627. The van der Waals surface area contributed by atoms with Crippen LogP contribution in [0.1, 0.15) is 39.0 Å². The lowest BCUT2D eigenvalue weighted by Crippen LogP contribution is -2.42. The second-order valence-electron chi connectivity index (χ2n) is 7.11. The Balaban J connectivity index is 1.52. The van der Waals surface area contributed by atoms with Gasteiger partial charge in [-0.25, -0.2) is 8.42 Å². The van der Waals surface area contributed by atoms with Gasteiger partial charge >= 0.3 is 5.97 Å². The fourth-order valence-corrected chi connectivity index (χ4v) is 4.21. The number of esters is 1. The van der Waals surface area contributed by atoms with Gasteiger partial charge in [0.1, 0.15) is 6.54 Å². The summed E-state index contributed by atoms with van der Waals surface area (Å²) in [4.78, 5) is 24.0. The van der Waals surface area contributed by atoms with Gasteiger partial charge in [-0.1, -0.05) is 12.8 Å². The second-order valence-corrected chi connectivity index (χ2v) is 8.87. The number of nitrogens with one attached hydrogen (secondary N) is 2. The summed E-state index contributed by atoms with van der Waals surface area (Å²) in [6.45, 7) is 1.80. The van der Waals surface area contributed by atoms with Crippen molar-refractivity contribution in [3.05, 3.63) is 18.2 Å². The number of ether oxygens (including phenoxy) is 3. The highest BCUT2D eigenvalue weighted by Gasteiger charge is 2.24. The summed E-state index contributed by atoms with van der Waals surface area (Å²) in [7, 11) is -3.96. The number of hydrogen-bond acceptors (Lipinski definition) is 7. The molecule has 29 heavy (non-hydrogen) atoms. The number of rotatable bonds is 7. The molecule has 1 fully saturated rings. The molecule has 0 spiro atoms. The van der Waals surface area contributed by atoms with Crippen molar-refractivity contribution < 1.29 is 32.2 Å². The molecule has 2 N–H and O–H groups in total. The van der Waals surface area contributed by atoms with E-state index in [0.717, 1.165) is 25.7 Å². The fourth-order valence-electron chi connectivity index (χ4n) is 3.23. The van der Waals surface area contributed by atoms with Crippen molar-refractivity contribution in [2.45, 2.75) is 56.1 Å². The average molecular weight is 426 g/mol. The van der Waals surface area contributed by atoms with Crippen LogP contribution in [0, 0.1) is 0 Å². The Bertz CT molecular complexity index is 850. The van der Waals surface area contributed by atoms with Crippen molar-refractivity contribution in [1.82, 2.24) is 10.0 Å². The largest absolute Gasteiger partial charge is 0.490 e. The number of hydrogen-bond donors (Lipinski definition) is 2. The zero-order chi connectivity index (χ0) is 20.9. The number of benzene rings is 1. The first-order valence-electron chi connectivity index (χ1n) is 9.74. The molecule has 0 bridgehead atoms. The third-order valence-electron chi connectivity index (χ3n) is 4.81. The first-order valence-corrected chi connectivity index (χ1v) is 11.2. The maximum Gasteiger partial charge on any atom is 0.321 e. The molecule has 1 aromatic carbocycles. The van der Waals surface area contributed by atoms with E-state index in [0.29, 0.717) is 31.1 Å². The number of sulfonamides is 1. The normalized spacial score (nSPS) is 18.0. The minimum Gasteiger partial charge on any atom is -0.490 e. The molecular weight excluding hydrogens is 400 g/mol. The van der Waals surface area contributed by atoms with Crippen molar-refractivity contribution in [2.75, 3.05) is 19.8 Å². The second kappa shape index (κ2) is 9.45. The van der Waals surface area contributed by atoms with E-state index in [-0.39, 0.29) is 16.8 Å². The van der Waals surface area contributed by atoms with E-state index in [4.69, 9.17) is 14.2 Å². The van der Waals surface area contributed by atoms with Gasteiger partial charge in [0.2, 0.25) is 10.0 Å². The predicted octanol–water partition coefficient (Wildman–Crippen LogP) is 1.12. The first-order chi connectivity index (χ1) is 13.8. The molecule has 9 nitrogen and oxygen atoms in total. The van der Waals surface area contributed by atoms with Crippen LogP contribution in [0.25, 0.3) is 0 Å². The van der Waals surface area contributed by atoms with Crippen LogP contribution in [0.4, 0.5) is 0 Å². The summed E-state index contributed by atoms with van der Waals surface area (Å²) in [5.41, 5.74) is 0. The van der Waals surface area contributed by atoms with Crippen molar-refractivity contribution >= 4 is 21.9 Å². The smallest absolute Gasteiger partial charge is 0.321 e. The molecule has 0 aromatic heterocycles. The fraction of sp³-hybridized carbons (Fsp3) is 0.579. The van der Waals surface area contributed by atoms with E-state index in [1.165, 1.54) is 25.1 Å². The molecule has 2 aliphatic rings. The van der Waals surface area contributed by atoms with Gasteiger partial charge in [0.25, 0.3) is 5.91 Å². The van der Waals surface area contributed by atoms with E-state index in [1.54, 1.807) is 0 Å². The standard InChI is InChI=1S/C19H26N2O7S/c1-13(19(23)21-14-5-2-3-6-14)28-18(22)12-20-29(24,25)15-7-8-16-17(11-15)27-10-4-9-26-16/h7-8,11,13-14,20H,2-6,9-10,12H2,1H3,(H,21,23). The zero-order valence-corrected chi connectivity index (χ0v) is 17.1. The van der Waals surface area contributed by atoms with Crippen LogP contribution in [0.15, 0.2) is 23.1 Å². The van der Waals surface area contributed by atoms with Crippen LogP contribution in [0.3, 0.4) is 0 Å². The van der Waals surface area contributed by atoms with Gasteiger partial charge in [-0.3, -0.25) is 9.59 Å². The average Bonchev–Trinajstić information content (AvgIpc) is 3.08. The molecule has 0 radical (unpaired) electrons. The van der Waals surface area contributed by atoms with Gasteiger partial charge in [-0.15, -0.1) is 0 Å². The third kappa shape index (κ3) is 5.83. The number of fused-ring (bicyclic) bond motifs is 1. The van der Waals surface area contributed by atoms with Gasteiger partial charge in [-0.05, 0) is 31.9 Å². The zero-order valence-electron chi connectivity index (χ0n) is 16.3. The summed E-state index contributed by atoms with van der Waals surface area (Å²) in [5, 5.41) is 2.84. The van der Waals surface area contributed by atoms with Gasteiger partial charge in [-0.2, -0.15) is 4.72 Å². The maximum absolute atomic E-state index is 12.5. The lowest BCUT2D eigenvalue weighted by Gasteiger charge is -2.17. The Kier molecular flexibility index (Phi) is 6.96. The molecule has 1 unspecified atom stereocenters. The summed E-state index contributed by atoms with van der Waals surface area (Å²) < 4.78 is 43.1. The van der Waals surface area contributed by atoms with Crippen molar-refractivity contribution in [3.63, 3.8) is 0 Å². The minimum absolute atomic E-state index is 0.0541. The third-order valence-corrected chi connectivity index (χ3v) is 6.21. The summed E-state index contributed by atoms with van der Waals surface area (Å²) in [5.74, 6) is -0.402. The lowest BCUT2D eigenvalue weighted by molar-refractivity contribution is -0.153. The highest BCUT2D eigenvalue weighted by Crippen LogP contribution is 2.31. The summed E-state index contributed by atoms with van der Waals surface area (Å²) >= 11 is 0. The monoisotopic (exact) mass is 426 g/mol. The highest BCUT2D eigenvalue weighted by molar-refractivity contribution is 7.89. The molecule has 10 heteroatoms. The maximum atomic E-state index is 12.5. The van der Waals surface area contributed by atoms with E-state index in [9.17, 15) is 18.0 Å². The summed E-state index contributed by atoms with van der Waals surface area (Å²) in [6, 6.07) is 4.36. The molecule has 1 aromatic rings. The first kappa shape index (κ1) is 21.4. The molecule has 160 valence electrons. The van der Waals surface area contributed by atoms with Crippen LogP contribution >= 0.6 is 0 Å². The minimum atomic E-state index is -3.96. The lowest BCUT2D eigenvalue weighted by atomic mass is 10.2. The molecule has 1 aliphatic heterocycles. The molecule has 0 saturated heterocycles. The van der Waals surface area contributed by atoms with Gasteiger partial charge in [0, 0.05) is 18.5 Å². The molecular formula is C19H26N2O7S. The van der Waals surface area contributed by atoms with E-state index in [1.807, 2.05) is 0 Å². The molecule has 3 rings (SSSR count). The van der Waals surface area contributed by atoms with Crippen LogP contribution in [-0.4, -0.2) is 52.2 Å². The van der Waals surface area contributed by atoms with Crippen molar-refractivity contribution in [1.29, 1.82) is 0 Å². The predicted molar refractivity (Wildman–Crippen MR) is 103 cm³/mol. The van der Waals surface area contributed by atoms with E-state index in [2.05, 4.69) is 10.0 Å². The van der Waals surface area contributed by atoms with Gasteiger partial charge < -0.3 is 19.5 Å². The highest BCUT2D eigenvalue weighted by atomic mass is 32.2. The Morgan fingerprint density at radius 1 is 1.14 bits per heavy atom. The molecule has 1 amide bonds. The molecule has 1 atom stereocenters. The number of amides is 1. The van der Waals surface area contributed by atoms with Crippen molar-refractivity contribution in [2.24, 2.45) is 0 Å². The van der Waals surface area contributed by atoms with Crippen LogP contribution in [-0.2, 0) is 24.3 Å². The Morgan fingerprint density at radius 3 is 2.55 bits per heavy atom. The SMILES string of the molecule is CC(OC(=O)CNS(=O)(=O)c1ccc2c(c1)OCCCO2)C(=O)NC1CCCC1. The number of carbonyl (C=O) groups excluding carboxylic acids is 2. The topological polar surface area (TPSA) is 120 Å². The summed E-state index contributed by atoms with van der Waals surface area (Å²) in [6.07, 6.45) is 3.68. The number of carbonyl (C=O) groups is 2. The van der Waals surface area contributed by atoms with Crippen molar-refractivity contribution in [3.8, 4) is 11.5 Å². The molecule has 1 heterocycles. The van der Waals surface area contributed by atoms with Crippen LogP contribution in [0.2, 0.25) is 0 Å². The van der Waals surface area contributed by atoms with Crippen LogP contribution in [0.5, 0.6) is 11.5 Å².